The number of ether oxygens (including phenoxy) is 2. The minimum Gasteiger partial charge on any atom is -0.497 e. The van der Waals surface area contributed by atoms with E-state index in [1.165, 1.54) is 0 Å². The summed E-state index contributed by atoms with van der Waals surface area (Å²) < 4.78 is 11.4. The van der Waals surface area contributed by atoms with Crippen LogP contribution in [0.1, 0.15) is 6.42 Å². The van der Waals surface area contributed by atoms with Crippen LogP contribution in [0.5, 0.6) is 11.5 Å². The van der Waals surface area contributed by atoms with Crippen LogP contribution < -0.4 is 9.47 Å². The molecule has 0 atom stereocenters. The molecule has 0 aliphatic rings. The Kier molecular flexibility index (Phi) is 4.77. The van der Waals surface area contributed by atoms with Gasteiger partial charge in [0, 0.05) is 29.4 Å². The predicted octanol–water partition coefficient (Wildman–Crippen LogP) is 4.28. The number of rotatable bonds is 6. The van der Waals surface area contributed by atoms with Gasteiger partial charge in [0.25, 0.3) is 0 Å². The van der Waals surface area contributed by atoms with Crippen LogP contribution in [0.2, 0.25) is 0 Å². The molecule has 0 aliphatic carbocycles. The second kappa shape index (κ2) is 7.37. The molecule has 0 N–H and O–H groups in total. The van der Waals surface area contributed by atoms with E-state index in [0.717, 1.165) is 57.3 Å². The van der Waals surface area contributed by atoms with Crippen LogP contribution in [0.4, 0.5) is 0 Å². The fourth-order valence-electron chi connectivity index (χ4n) is 3.26. The minimum absolute atomic E-state index is 0.673. The van der Waals surface area contributed by atoms with Gasteiger partial charge in [-0.2, -0.15) is 0 Å². The highest BCUT2D eigenvalue weighted by Crippen LogP contribution is 2.33. The first-order valence-corrected chi connectivity index (χ1v) is 9.10. The molecule has 0 radical (unpaired) electrons. The second-order valence-corrected chi connectivity index (χ2v) is 6.87. The van der Waals surface area contributed by atoms with Crippen molar-refractivity contribution in [3.05, 3.63) is 48.5 Å². The average molecular weight is 361 g/mol. The molecule has 5 nitrogen and oxygen atoms in total. The van der Waals surface area contributed by atoms with Crippen molar-refractivity contribution in [3.63, 3.8) is 0 Å². The summed E-state index contributed by atoms with van der Waals surface area (Å²) in [4.78, 5) is 11.8. The third kappa shape index (κ3) is 3.51. The van der Waals surface area contributed by atoms with E-state index in [9.17, 15) is 0 Å². The lowest BCUT2D eigenvalue weighted by atomic mass is 10.1. The van der Waals surface area contributed by atoms with Crippen molar-refractivity contribution in [1.29, 1.82) is 0 Å². The molecule has 0 unspecified atom stereocenters. The summed E-state index contributed by atoms with van der Waals surface area (Å²) in [5.74, 6) is 1.64. The van der Waals surface area contributed by atoms with Crippen LogP contribution in [0.3, 0.4) is 0 Å². The van der Waals surface area contributed by atoms with Gasteiger partial charge in [0.05, 0.1) is 35.8 Å². The van der Waals surface area contributed by atoms with E-state index < -0.39 is 0 Å². The van der Waals surface area contributed by atoms with Crippen LogP contribution in [-0.4, -0.2) is 49.2 Å². The first kappa shape index (κ1) is 17.5. The van der Waals surface area contributed by atoms with Crippen molar-refractivity contribution >= 4 is 32.8 Å². The molecule has 27 heavy (non-hydrogen) atoms. The summed E-state index contributed by atoms with van der Waals surface area (Å²) in [6.45, 7) is 1.67. The molecule has 4 rings (SSSR count). The third-order valence-electron chi connectivity index (χ3n) is 4.62. The number of benzene rings is 3. The van der Waals surface area contributed by atoms with Gasteiger partial charge in [-0.15, -0.1) is 0 Å². The van der Waals surface area contributed by atoms with E-state index in [-0.39, 0.29) is 0 Å². The number of methoxy groups -OCH3 is 1. The fourth-order valence-corrected chi connectivity index (χ4v) is 3.26. The highest BCUT2D eigenvalue weighted by atomic mass is 16.5. The lowest BCUT2D eigenvalue weighted by Gasteiger charge is -2.13. The van der Waals surface area contributed by atoms with Gasteiger partial charge in [-0.05, 0) is 32.6 Å². The third-order valence-corrected chi connectivity index (χ3v) is 4.62. The highest BCUT2D eigenvalue weighted by molar-refractivity contribution is 6.08. The zero-order valence-electron chi connectivity index (χ0n) is 15.9. The van der Waals surface area contributed by atoms with Crippen LogP contribution >= 0.6 is 0 Å². The van der Waals surface area contributed by atoms with Crippen LogP contribution in [0, 0.1) is 0 Å². The quantitative estimate of drug-likeness (QED) is 0.291. The molecule has 0 aliphatic heterocycles. The Labute approximate surface area is 158 Å². The Morgan fingerprint density at radius 2 is 1.70 bits per heavy atom. The fraction of sp³-hybridized carbons (Fsp3) is 0.273. The summed E-state index contributed by atoms with van der Waals surface area (Å²) in [5, 5.41) is 2.11. The molecule has 5 heteroatoms. The predicted molar refractivity (Wildman–Crippen MR) is 110 cm³/mol. The Morgan fingerprint density at radius 1 is 0.889 bits per heavy atom. The molecular weight excluding hydrogens is 338 g/mol. The maximum atomic E-state index is 6.11. The van der Waals surface area contributed by atoms with E-state index >= 15 is 0 Å². The summed E-state index contributed by atoms with van der Waals surface area (Å²) in [6, 6.07) is 16.0. The molecule has 0 fully saturated rings. The lowest BCUT2D eigenvalue weighted by molar-refractivity contribution is 0.284. The van der Waals surface area contributed by atoms with Gasteiger partial charge >= 0.3 is 0 Å². The molecule has 138 valence electrons. The molecule has 0 saturated carbocycles. The Balaban J connectivity index is 1.82. The van der Waals surface area contributed by atoms with E-state index in [1.54, 1.807) is 7.11 Å². The molecule has 4 aromatic rings. The first-order valence-electron chi connectivity index (χ1n) is 9.10. The Morgan fingerprint density at radius 3 is 2.48 bits per heavy atom. The summed E-state index contributed by atoms with van der Waals surface area (Å²) in [5.41, 5.74) is 3.39. The van der Waals surface area contributed by atoms with Gasteiger partial charge in [0.15, 0.2) is 0 Å². The van der Waals surface area contributed by atoms with E-state index in [4.69, 9.17) is 19.4 Å². The van der Waals surface area contributed by atoms with Crippen LogP contribution in [0.25, 0.3) is 32.8 Å². The maximum Gasteiger partial charge on any atom is 0.129 e. The monoisotopic (exact) mass is 361 g/mol. The van der Waals surface area contributed by atoms with Crippen molar-refractivity contribution in [2.75, 3.05) is 34.4 Å². The molecule has 0 bridgehead atoms. The van der Waals surface area contributed by atoms with E-state index in [0.29, 0.717) is 6.61 Å². The highest BCUT2D eigenvalue weighted by Gasteiger charge is 2.11. The summed E-state index contributed by atoms with van der Waals surface area (Å²) in [6.07, 6.45) is 0.975. The van der Waals surface area contributed by atoms with Crippen molar-refractivity contribution in [3.8, 4) is 11.5 Å². The van der Waals surface area contributed by atoms with Crippen molar-refractivity contribution < 1.29 is 9.47 Å². The molecular formula is C22H23N3O2. The lowest BCUT2D eigenvalue weighted by Crippen LogP contribution is -2.15. The van der Waals surface area contributed by atoms with Gasteiger partial charge in [-0.25, -0.2) is 9.97 Å². The summed E-state index contributed by atoms with van der Waals surface area (Å²) >= 11 is 0. The van der Waals surface area contributed by atoms with Crippen LogP contribution in [0.15, 0.2) is 48.5 Å². The molecule has 3 aromatic carbocycles. The zero-order valence-corrected chi connectivity index (χ0v) is 15.9. The van der Waals surface area contributed by atoms with E-state index in [2.05, 4.69) is 31.1 Å². The number of fused-ring (bicyclic) bond motifs is 4. The normalized spacial score (nSPS) is 11.6. The molecule has 0 amide bonds. The maximum absolute atomic E-state index is 6.11. The van der Waals surface area contributed by atoms with E-state index in [1.807, 2.05) is 36.4 Å². The molecule has 1 aromatic heterocycles. The number of aromatic nitrogens is 2. The molecule has 0 saturated heterocycles. The molecule has 0 spiro atoms. The number of hydrogen-bond donors (Lipinski definition) is 0. The van der Waals surface area contributed by atoms with Crippen molar-refractivity contribution in [1.82, 2.24) is 14.9 Å². The van der Waals surface area contributed by atoms with Crippen molar-refractivity contribution in [2.45, 2.75) is 6.42 Å². The average Bonchev–Trinajstić information content (AvgIpc) is 2.69. The smallest absolute Gasteiger partial charge is 0.129 e. The second-order valence-electron chi connectivity index (χ2n) is 6.87. The zero-order chi connectivity index (χ0) is 18.8. The number of nitrogens with zero attached hydrogens (tertiary/aromatic N) is 3. The molecule has 1 heterocycles. The van der Waals surface area contributed by atoms with Gasteiger partial charge in [0.2, 0.25) is 0 Å². The number of hydrogen-bond acceptors (Lipinski definition) is 5. The Hall–Kier alpha value is -2.92. The van der Waals surface area contributed by atoms with Gasteiger partial charge in [-0.1, -0.05) is 24.3 Å². The minimum atomic E-state index is 0.673. The SMILES string of the molecule is COc1ccc2nc3cc(OCCCN(C)C)c4ccccc4c3nc2c1. The standard InChI is InChI=1S/C22H23N3O2/c1-25(2)11-6-12-27-21-14-20-22(17-8-5-4-7-16(17)21)24-19-13-15(26-3)9-10-18(19)23-20/h4-5,7-10,13-14H,6,11-12H2,1-3H3. The van der Waals surface area contributed by atoms with Gasteiger partial charge in [-0.3, -0.25) is 0 Å². The Bertz CT molecular complexity index is 1110. The van der Waals surface area contributed by atoms with Crippen molar-refractivity contribution in [2.24, 2.45) is 0 Å². The largest absolute Gasteiger partial charge is 0.497 e. The van der Waals surface area contributed by atoms with Gasteiger partial charge in [0.1, 0.15) is 11.5 Å². The summed E-state index contributed by atoms with van der Waals surface area (Å²) in [7, 11) is 5.80. The van der Waals surface area contributed by atoms with Crippen LogP contribution in [-0.2, 0) is 0 Å². The first-order chi connectivity index (χ1) is 13.2. The topological polar surface area (TPSA) is 47.5 Å². The van der Waals surface area contributed by atoms with Gasteiger partial charge < -0.3 is 14.4 Å².